The Labute approximate surface area is 165 Å². The van der Waals surface area contributed by atoms with Gasteiger partial charge in [0.05, 0.1) is 17.9 Å². The molecule has 1 atom stereocenters. The van der Waals surface area contributed by atoms with Gasteiger partial charge in [0.1, 0.15) is 6.10 Å². The number of aryl methyl sites for hydroxylation is 1. The lowest BCUT2D eigenvalue weighted by Crippen LogP contribution is -2.36. The monoisotopic (exact) mass is 407 g/mol. The second kappa shape index (κ2) is 8.01. The van der Waals surface area contributed by atoms with Gasteiger partial charge in [0.25, 0.3) is 5.91 Å². The van der Waals surface area contributed by atoms with E-state index in [1.54, 1.807) is 0 Å². The topological polar surface area (TPSA) is 96.5 Å². The van der Waals surface area contributed by atoms with Crippen LogP contribution in [0.5, 0.6) is 0 Å². The molecule has 2 aliphatic heterocycles. The molecule has 2 aromatic heterocycles. The number of anilines is 2. The zero-order chi connectivity index (χ0) is 18.8. The normalized spacial score (nSPS) is 19.7. The number of nitrogens with zero attached hydrogens (tertiary/aromatic N) is 3. The second-order valence-corrected chi connectivity index (χ2v) is 8.62. The van der Waals surface area contributed by atoms with Crippen LogP contribution in [0.3, 0.4) is 0 Å². The number of ether oxygens (including phenoxy) is 1. The summed E-state index contributed by atoms with van der Waals surface area (Å²) in [6, 6.07) is 0. The summed E-state index contributed by atoms with van der Waals surface area (Å²) < 4.78 is 5.41. The fourth-order valence-electron chi connectivity index (χ4n) is 3.18. The van der Waals surface area contributed by atoms with E-state index in [4.69, 9.17) is 4.74 Å². The van der Waals surface area contributed by atoms with Crippen molar-refractivity contribution >= 4 is 44.8 Å². The molecule has 4 heterocycles. The highest BCUT2D eigenvalue weighted by Crippen LogP contribution is 2.29. The third kappa shape index (κ3) is 4.52. The van der Waals surface area contributed by atoms with Crippen LogP contribution in [-0.4, -0.2) is 52.5 Å². The van der Waals surface area contributed by atoms with Gasteiger partial charge >= 0.3 is 0 Å². The van der Waals surface area contributed by atoms with Gasteiger partial charge < -0.3 is 10.1 Å². The molecule has 10 heteroatoms. The van der Waals surface area contributed by atoms with Crippen molar-refractivity contribution < 1.29 is 14.3 Å². The standard InChI is InChI=1S/C17H21N5O3S2/c1-10-9-26-16(18-10)20-14(23)8-22-5-4-11-13(7-22)27-17(19-11)21-15(24)12-3-2-6-25-12/h9,12H,2-8H2,1H3,(H,18,20,23)(H,19,21,24). The maximum Gasteiger partial charge on any atom is 0.255 e. The summed E-state index contributed by atoms with van der Waals surface area (Å²) in [5, 5.41) is 8.87. The lowest BCUT2D eigenvalue weighted by atomic mass is 10.2. The van der Waals surface area contributed by atoms with Crippen LogP contribution in [0.4, 0.5) is 10.3 Å². The van der Waals surface area contributed by atoms with Crippen LogP contribution < -0.4 is 10.6 Å². The minimum Gasteiger partial charge on any atom is -0.368 e. The summed E-state index contributed by atoms with van der Waals surface area (Å²) in [4.78, 5) is 36.4. The summed E-state index contributed by atoms with van der Waals surface area (Å²) in [5.41, 5.74) is 1.91. The van der Waals surface area contributed by atoms with Gasteiger partial charge in [0, 0.05) is 36.4 Å². The molecular weight excluding hydrogens is 386 g/mol. The number of nitrogens with one attached hydrogen (secondary N) is 2. The average molecular weight is 408 g/mol. The van der Waals surface area contributed by atoms with E-state index in [1.165, 1.54) is 22.7 Å². The number of amides is 2. The second-order valence-electron chi connectivity index (χ2n) is 6.68. The molecule has 0 radical (unpaired) electrons. The summed E-state index contributed by atoms with van der Waals surface area (Å²) in [7, 11) is 0. The molecule has 1 saturated heterocycles. The fraction of sp³-hybridized carbons (Fsp3) is 0.529. The van der Waals surface area contributed by atoms with Gasteiger partial charge in [-0.2, -0.15) is 0 Å². The summed E-state index contributed by atoms with van der Waals surface area (Å²) in [6.45, 7) is 4.28. The van der Waals surface area contributed by atoms with Crippen molar-refractivity contribution in [2.75, 3.05) is 30.3 Å². The summed E-state index contributed by atoms with van der Waals surface area (Å²) in [6.07, 6.45) is 2.09. The van der Waals surface area contributed by atoms with Gasteiger partial charge in [-0.15, -0.1) is 22.7 Å². The van der Waals surface area contributed by atoms with Crippen LogP contribution in [0.25, 0.3) is 0 Å². The summed E-state index contributed by atoms with van der Waals surface area (Å²) in [5.74, 6) is -0.183. The average Bonchev–Trinajstić information content (AvgIpc) is 3.35. The third-order valence-corrected chi connectivity index (χ3v) is 6.37. The fourth-order valence-corrected chi connectivity index (χ4v) is 4.94. The molecule has 1 unspecified atom stereocenters. The smallest absolute Gasteiger partial charge is 0.255 e. The number of aromatic nitrogens is 2. The molecular formula is C17H21N5O3S2. The van der Waals surface area contributed by atoms with Gasteiger partial charge in [-0.25, -0.2) is 9.97 Å². The Bertz CT molecular complexity index is 843. The highest BCUT2D eigenvalue weighted by molar-refractivity contribution is 7.16. The van der Waals surface area contributed by atoms with Crippen molar-refractivity contribution in [3.8, 4) is 0 Å². The first-order valence-corrected chi connectivity index (χ1v) is 10.6. The van der Waals surface area contributed by atoms with E-state index in [-0.39, 0.29) is 17.9 Å². The molecule has 0 saturated carbocycles. The Morgan fingerprint density at radius 2 is 2.22 bits per heavy atom. The molecule has 1 fully saturated rings. The van der Waals surface area contributed by atoms with Crippen LogP contribution in [0.15, 0.2) is 5.38 Å². The highest BCUT2D eigenvalue weighted by Gasteiger charge is 2.26. The van der Waals surface area contributed by atoms with Crippen molar-refractivity contribution in [1.29, 1.82) is 0 Å². The minimum atomic E-state index is -0.361. The number of carbonyl (C=O) groups excluding carboxylic acids is 2. The molecule has 144 valence electrons. The molecule has 2 aliphatic rings. The Morgan fingerprint density at radius 3 is 2.96 bits per heavy atom. The predicted octanol–water partition coefficient (Wildman–Crippen LogP) is 2.02. The summed E-state index contributed by atoms with van der Waals surface area (Å²) >= 11 is 2.91. The van der Waals surface area contributed by atoms with E-state index in [9.17, 15) is 9.59 Å². The Balaban J connectivity index is 1.32. The number of hydrogen-bond donors (Lipinski definition) is 2. The van der Waals surface area contributed by atoms with Gasteiger partial charge in [-0.05, 0) is 19.8 Å². The highest BCUT2D eigenvalue weighted by atomic mass is 32.1. The van der Waals surface area contributed by atoms with Gasteiger partial charge in [-0.3, -0.25) is 19.8 Å². The Kier molecular flexibility index (Phi) is 5.48. The molecule has 2 amide bonds. The van der Waals surface area contributed by atoms with Gasteiger partial charge in [-0.1, -0.05) is 0 Å². The van der Waals surface area contributed by atoms with E-state index in [0.29, 0.717) is 30.0 Å². The number of carbonyl (C=O) groups is 2. The van der Waals surface area contributed by atoms with E-state index < -0.39 is 0 Å². The molecule has 2 N–H and O–H groups in total. The van der Waals surface area contributed by atoms with Crippen molar-refractivity contribution in [2.24, 2.45) is 0 Å². The zero-order valence-electron chi connectivity index (χ0n) is 15.0. The molecule has 0 aromatic carbocycles. The Hall–Kier alpha value is -1.88. The molecule has 27 heavy (non-hydrogen) atoms. The van der Waals surface area contributed by atoms with Crippen LogP contribution in [0, 0.1) is 6.92 Å². The van der Waals surface area contributed by atoms with Crippen LogP contribution in [0.2, 0.25) is 0 Å². The number of rotatable bonds is 5. The molecule has 2 aromatic rings. The number of hydrogen-bond acceptors (Lipinski definition) is 8. The largest absolute Gasteiger partial charge is 0.368 e. The number of fused-ring (bicyclic) bond motifs is 1. The lowest BCUT2D eigenvalue weighted by molar-refractivity contribution is -0.124. The quantitative estimate of drug-likeness (QED) is 0.787. The van der Waals surface area contributed by atoms with Crippen LogP contribution in [0.1, 0.15) is 29.1 Å². The van der Waals surface area contributed by atoms with E-state index >= 15 is 0 Å². The first-order chi connectivity index (χ1) is 13.1. The molecule has 0 spiro atoms. The van der Waals surface area contributed by atoms with Crippen LogP contribution in [-0.2, 0) is 27.3 Å². The molecule has 8 nitrogen and oxygen atoms in total. The van der Waals surface area contributed by atoms with Crippen molar-refractivity contribution in [2.45, 2.75) is 38.8 Å². The van der Waals surface area contributed by atoms with Gasteiger partial charge in [0.15, 0.2) is 10.3 Å². The van der Waals surface area contributed by atoms with E-state index in [1.807, 2.05) is 12.3 Å². The Morgan fingerprint density at radius 1 is 1.33 bits per heavy atom. The SMILES string of the molecule is Cc1csc(NC(=O)CN2CCc3nc(NC(=O)C4CCCO4)sc3C2)n1. The molecule has 0 aliphatic carbocycles. The maximum atomic E-state index is 12.2. The molecule has 4 rings (SSSR count). The first-order valence-electron chi connectivity index (χ1n) is 8.92. The first kappa shape index (κ1) is 18.5. The lowest BCUT2D eigenvalue weighted by Gasteiger charge is -2.24. The maximum absolute atomic E-state index is 12.2. The number of thiazole rings is 2. The van der Waals surface area contributed by atoms with E-state index in [0.717, 1.165) is 42.1 Å². The van der Waals surface area contributed by atoms with E-state index in [2.05, 4.69) is 25.5 Å². The third-order valence-electron chi connectivity index (χ3n) is 4.50. The minimum absolute atomic E-state index is 0.0655. The van der Waals surface area contributed by atoms with Crippen molar-refractivity contribution in [1.82, 2.24) is 14.9 Å². The van der Waals surface area contributed by atoms with Crippen molar-refractivity contribution in [3.63, 3.8) is 0 Å². The van der Waals surface area contributed by atoms with Crippen LogP contribution >= 0.6 is 22.7 Å². The zero-order valence-corrected chi connectivity index (χ0v) is 16.6. The predicted molar refractivity (Wildman–Crippen MR) is 104 cm³/mol. The van der Waals surface area contributed by atoms with Crippen molar-refractivity contribution in [3.05, 3.63) is 21.6 Å². The van der Waals surface area contributed by atoms with Gasteiger partial charge in [0.2, 0.25) is 5.91 Å². The molecule has 0 bridgehead atoms.